The van der Waals surface area contributed by atoms with Gasteiger partial charge in [0.1, 0.15) is 12.3 Å². The number of hydrogen-bond donors (Lipinski definition) is 1. The maximum absolute atomic E-state index is 12.0. The SMILES string of the molecule is N#Cc1ncc([N+](=O)[O-])c(N)c1OC(F)(F)F. The van der Waals surface area contributed by atoms with E-state index in [1.807, 2.05) is 0 Å². The second-order valence-corrected chi connectivity index (χ2v) is 2.65. The Morgan fingerprint density at radius 1 is 1.59 bits per heavy atom. The summed E-state index contributed by atoms with van der Waals surface area (Å²) in [5.74, 6) is -1.17. The first-order valence-electron chi connectivity index (χ1n) is 3.85. The Balaban J connectivity index is 3.39. The summed E-state index contributed by atoms with van der Waals surface area (Å²) < 4.78 is 39.4. The van der Waals surface area contributed by atoms with Gasteiger partial charge in [-0.1, -0.05) is 0 Å². The van der Waals surface area contributed by atoms with Crippen LogP contribution in [0.3, 0.4) is 0 Å². The van der Waals surface area contributed by atoms with Crippen molar-refractivity contribution in [3.63, 3.8) is 0 Å². The van der Waals surface area contributed by atoms with Crippen molar-refractivity contribution >= 4 is 11.4 Å². The van der Waals surface area contributed by atoms with Crippen LogP contribution in [0.5, 0.6) is 5.75 Å². The number of pyridine rings is 1. The van der Waals surface area contributed by atoms with Crippen LogP contribution in [0.25, 0.3) is 0 Å². The molecule has 10 heteroatoms. The molecule has 0 radical (unpaired) electrons. The molecule has 0 spiro atoms. The van der Waals surface area contributed by atoms with E-state index in [2.05, 4.69) is 9.72 Å². The van der Waals surface area contributed by atoms with Crippen molar-refractivity contribution in [3.8, 4) is 11.8 Å². The minimum absolute atomic E-state index is 0.580. The zero-order valence-electron chi connectivity index (χ0n) is 7.85. The van der Waals surface area contributed by atoms with Crippen LogP contribution in [-0.2, 0) is 0 Å². The van der Waals surface area contributed by atoms with Gasteiger partial charge in [-0.2, -0.15) is 5.26 Å². The highest BCUT2D eigenvalue weighted by molar-refractivity contribution is 5.69. The average Bonchev–Trinajstić information content (AvgIpc) is 2.18. The molecule has 0 aliphatic heterocycles. The molecule has 0 fully saturated rings. The van der Waals surface area contributed by atoms with Gasteiger partial charge in [-0.15, -0.1) is 13.2 Å². The highest BCUT2D eigenvalue weighted by atomic mass is 19.4. The minimum Gasteiger partial charge on any atom is -0.400 e. The second-order valence-electron chi connectivity index (χ2n) is 2.65. The number of rotatable bonds is 2. The van der Waals surface area contributed by atoms with E-state index in [0.717, 1.165) is 0 Å². The molecule has 0 bridgehead atoms. The molecule has 0 aromatic carbocycles. The van der Waals surface area contributed by atoms with E-state index in [4.69, 9.17) is 11.0 Å². The van der Waals surface area contributed by atoms with Gasteiger partial charge < -0.3 is 10.5 Å². The third-order valence-electron chi connectivity index (χ3n) is 1.57. The first-order chi connectivity index (χ1) is 7.76. The summed E-state index contributed by atoms with van der Waals surface area (Å²) in [7, 11) is 0. The Morgan fingerprint density at radius 2 is 2.18 bits per heavy atom. The monoisotopic (exact) mass is 248 g/mol. The van der Waals surface area contributed by atoms with E-state index in [9.17, 15) is 23.3 Å². The van der Waals surface area contributed by atoms with Gasteiger partial charge in [0, 0.05) is 0 Å². The molecule has 0 amide bonds. The van der Waals surface area contributed by atoms with Crippen molar-refractivity contribution in [1.29, 1.82) is 5.26 Å². The van der Waals surface area contributed by atoms with Crippen LogP contribution < -0.4 is 10.5 Å². The van der Waals surface area contributed by atoms with Gasteiger partial charge in [0.05, 0.1) is 4.92 Å². The van der Waals surface area contributed by atoms with Gasteiger partial charge in [0.25, 0.3) is 0 Å². The molecular weight excluding hydrogens is 245 g/mol. The van der Waals surface area contributed by atoms with Crippen molar-refractivity contribution in [2.75, 3.05) is 5.73 Å². The highest BCUT2D eigenvalue weighted by Crippen LogP contribution is 2.36. The van der Waals surface area contributed by atoms with Crippen molar-refractivity contribution in [3.05, 3.63) is 22.0 Å². The van der Waals surface area contributed by atoms with E-state index in [1.54, 1.807) is 0 Å². The molecule has 0 saturated carbocycles. The summed E-state index contributed by atoms with van der Waals surface area (Å²) in [6, 6.07) is 1.29. The standard InChI is InChI=1S/C7H3F3N4O3/c8-7(9,10)17-6-3(1-11)13-2-4(5(6)12)14(15)16/h2H,(H2,12,13). The lowest BCUT2D eigenvalue weighted by atomic mass is 10.2. The smallest absolute Gasteiger partial charge is 0.400 e. The summed E-state index contributed by atoms with van der Waals surface area (Å²) in [5, 5.41) is 18.9. The average molecular weight is 248 g/mol. The predicted octanol–water partition coefficient (Wildman–Crippen LogP) is 1.34. The fraction of sp³-hybridized carbons (Fsp3) is 0.143. The van der Waals surface area contributed by atoms with Crippen molar-refractivity contribution in [1.82, 2.24) is 4.98 Å². The Kier molecular flexibility index (Phi) is 3.03. The molecule has 90 valence electrons. The third-order valence-corrected chi connectivity index (χ3v) is 1.57. The Hall–Kier alpha value is -2.57. The van der Waals surface area contributed by atoms with Crippen LogP contribution >= 0.6 is 0 Å². The molecule has 0 aliphatic rings. The maximum atomic E-state index is 12.0. The van der Waals surface area contributed by atoms with Gasteiger partial charge in [-0.25, -0.2) is 4.98 Å². The number of ether oxygens (including phenoxy) is 1. The summed E-state index contributed by atoms with van der Waals surface area (Å²) in [4.78, 5) is 12.5. The van der Waals surface area contributed by atoms with Crippen LogP contribution in [0.4, 0.5) is 24.5 Å². The van der Waals surface area contributed by atoms with Crippen LogP contribution in [0.15, 0.2) is 6.20 Å². The van der Waals surface area contributed by atoms with E-state index >= 15 is 0 Å². The third kappa shape index (κ3) is 2.71. The van der Waals surface area contributed by atoms with Crippen molar-refractivity contribution in [2.24, 2.45) is 0 Å². The maximum Gasteiger partial charge on any atom is 0.573 e. The van der Waals surface area contributed by atoms with Crippen LogP contribution in [0.2, 0.25) is 0 Å². The topological polar surface area (TPSA) is 115 Å². The second kappa shape index (κ2) is 4.12. The van der Waals surface area contributed by atoms with Gasteiger partial charge in [-0.3, -0.25) is 10.1 Å². The lowest BCUT2D eigenvalue weighted by molar-refractivity contribution is -0.384. The number of hydrogen-bond acceptors (Lipinski definition) is 6. The lowest BCUT2D eigenvalue weighted by Crippen LogP contribution is -2.19. The Labute approximate surface area is 91.4 Å². The first-order valence-corrected chi connectivity index (χ1v) is 3.85. The van der Waals surface area contributed by atoms with E-state index in [0.29, 0.717) is 6.20 Å². The highest BCUT2D eigenvalue weighted by Gasteiger charge is 2.35. The number of nitro groups is 1. The minimum atomic E-state index is -5.13. The molecule has 1 aromatic rings. The summed E-state index contributed by atoms with van der Waals surface area (Å²) in [6.07, 6.45) is -4.55. The Morgan fingerprint density at radius 3 is 2.59 bits per heavy atom. The Bertz CT molecular complexity index is 508. The van der Waals surface area contributed by atoms with E-state index in [-0.39, 0.29) is 0 Å². The first kappa shape index (κ1) is 12.5. The number of nitrogen functional groups attached to an aromatic ring is 1. The van der Waals surface area contributed by atoms with Gasteiger partial charge in [-0.05, 0) is 0 Å². The van der Waals surface area contributed by atoms with Gasteiger partial charge in [0.15, 0.2) is 17.1 Å². The molecule has 2 N–H and O–H groups in total. The lowest BCUT2D eigenvalue weighted by Gasteiger charge is -2.11. The van der Waals surface area contributed by atoms with Crippen molar-refractivity contribution < 1.29 is 22.8 Å². The molecule has 1 heterocycles. The molecule has 0 saturated heterocycles. The molecule has 17 heavy (non-hydrogen) atoms. The molecule has 0 aliphatic carbocycles. The normalized spacial score (nSPS) is 10.7. The molecule has 1 rings (SSSR count). The molecule has 7 nitrogen and oxygen atoms in total. The molecule has 1 aromatic heterocycles. The van der Waals surface area contributed by atoms with Crippen molar-refractivity contribution in [2.45, 2.75) is 6.36 Å². The number of anilines is 1. The number of halogens is 3. The summed E-state index contributed by atoms with van der Waals surface area (Å²) in [5.41, 5.74) is 2.55. The molecule has 0 atom stereocenters. The summed E-state index contributed by atoms with van der Waals surface area (Å²) >= 11 is 0. The molecular formula is C7H3F3N4O3. The number of aromatic nitrogens is 1. The predicted molar refractivity (Wildman–Crippen MR) is 46.7 cm³/mol. The van der Waals surface area contributed by atoms with Crippen LogP contribution in [0, 0.1) is 21.4 Å². The number of nitrogens with two attached hydrogens (primary N) is 1. The van der Waals surface area contributed by atoms with E-state index < -0.39 is 34.1 Å². The zero-order valence-corrected chi connectivity index (χ0v) is 7.85. The van der Waals surface area contributed by atoms with Crippen LogP contribution in [-0.4, -0.2) is 16.3 Å². The number of nitriles is 1. The fourth-order valence-electron chi connectivity index (χ4n) is 0.942. The fourth-order valence-corrected chi connectivity index (χ4v) is 0.942. The zero-order chi connectivity index (χ0) is 13.2. The van der Waals surface area contributed by atoms with Gasteiger partial charge in [0.2, 0.25) is 0 Å². The largest absolute Gasteiger partial charge is 0.573 e. The van der Waals surface area contributed by atoms with E-state index in [1.165, 1.54) is 6.07 Å². The quantitative estimate of drug-likeness (QED) is 0.623. The number of nitrogens with zero attached hydrogens (tertiary/aromatic N) is 3. The van der Waals surface area contributed by atoms with Gasteiger partial charge >= 0.3 is 12.0 Å². The number of alkyl halides is 3. The van der Waals surface area contributed by atoms with Crippen LogP contribution in [0.1, 0.15) is 5.69 Å². The molecule has 0 unspecified atom stereocenters. The summed E-state index contributed by atoms with van der Waals surface area (Å²) in [6.45, 7) is 0.